The van der Waals surface area contributed by atoms with Crippen molar-refractivity contribution in [1.82, 2.24) is 10.2 Å². The molecule has 0 aromatic heterocycles. The average molecular weight is 284 g/mol. The van der Waals surface area contributed by atoms with Gasteiger partial charge in [-0.05, 0) is 25.7 Å². The Morgan fingerprint density at radius 1 is 1.25 bits per heavy atom. The summed E-state index contributed by atoms with van der Waals surface area (Å²) < 4.78 is 5.72. The minimum absolute atomic E-state index is 0.158. The average Bonchev–Trinajstić information content (AvgIpc) is 3.09. The fourth-order valence-electron chi connectivity index (χ4n) is 2.83. The number of nitrogens with one attached hydrogen (secondary N) is 1. The first-order valence-electron chi connectivity index (χ1n) is 7.54. The summed E-state index contributed by atoms with van der Waals surface area (Å²) in [5, 5.41) is 11.7. The highest BCUT2D eigenvalue weighted by atomic mass is 16.5. The van der Waals surface area contributed by atoms with E-state index in [0.717, 1.165) is 19.3 Å². The van der Waals surface area contributed by atoms with Crippen molar-refractivity contribution in [2.45, 2.75) is 44.6 Å². The third-order valence-corrected chi connectivity index (χ3v) is 4.08. The fraction of sp³-hybridized carbons (Fsp3) is 0.857. The molecule has 1 saturated carbocycles. The summed E-state index contributed by atoms with van der Waals surface area (Å²) in [7, 11) is 0. The summed E-state index contributed by atoms with van der Waals surface area (Å²) in [6.45, 7) is 2.11. The van der Waals surface area contributed by atoms with E-state index in [9.17, 15) is 9.59 Å². The van der Waals surface area contributed by atoms with Gasteiger partial charge in [-0.25, -0.2) is 4.79 Å². The van der Waals surface area contributed by atoms with Gasteiger partial charge in [-0.2, -0.15) is 0 Å². The zero-order valence-corrected chi connectivity index (χ0v) is 11.8. The normalized spacial score (nSPS) is 23.2. The monoisotopic (exact) mass is 284 g/mol. The first-order chi connectivity index (χ1) is 9.66. The predicted octanol–water partition coefficient (Wildman–Crippen LogP) is 1.45. The Kier molecular flexibility index (Phi) is 5.64. The maximum atomic E-state index is 11.8. The third-order valence-electron chi connectivity index (χ3n) is 4.08. The molecule has 114 valence electrons. The predicted molar refractivity (Wildman–Crippen MR) is 73.5 cm³/mol. The lowest BCUT2D eigenvalue weighted by Crippen LogP contribution is -2.39. The van der Waals surface area contributed by atoms with Gasteiger partial charge in [-0.3, -0.25) is 4.79 Å². The number of carboxylic acid groups (broad SMARTS) is 1. The summed E-state index contributed by atoms with van der Waals surface area (Å²) >= 11 is 0. The summed E-state index contributed by atoms with van der Waals surface area (Å²) in [4.78, 5) is 24.2. The second-order valence-corrected chi connectivity index (χ2v) is 5.63. The van der Waals surface area contributed by atoms with E-state index in [-0.39, 0.29) is 6.03 Å². The highest BCUT2D eigenvalue weighted by Gasteiger charge is 2.30. The van der Waals surface area contributed by atoms with Crippen LogP contribution in [-0.2, 0) is 9.53 Å². The van der Waals surface area contributed by atoms with Gasteiger partial charge >= 0.3 is 12.0 Å². The topological polar surface area (TPSA) is 78.9 Å². The molecule has 0 aromatic rings. The summed E-state index contributed by atoms with van der Waals surface area (Å²) in [5.74, 6) is -1.23. The molecule has 20 heavy (non-hydrogen) atoms. The van der Waals surface area contributed by atoms with Crippen LogP contribution in [0.25, 0.3) is 0 Å². The fourth-order valence-corrected chi connectivity index (χ4v) is 2.83. The summed E-state index contributed by atoms with van der Waals surface area (Å²) in [5.41, 5.74) is 0. The van der Waals surface area contributed by atoms with Crippen LogP contribution in [0.15, 0.2) is 0 Å². The first-order valence-corrected chi connectivity index (χ1v) is 7.54. The van der Waals surface area contributed by atoms with Crippen molar-refractivity contribution in [1.29, 1.82) is 0 Å². The molecule has 1 atom stereocenters. The van der Waals surface area contributed by atoms with Crippen LogP contribution in [-0.4, -0.2) is 54.4 Å². The van der Waals surface area contributed by atoms with Crippen LogP contribution in [0.5, 0.6) is 0 Å². The third kappa shape index (κ3) is 4.37. The number of hydrogen-bond donors (Lipinski definition) is 2. The number of carbonyl (C=O) groups is 2. The molecule has 2 aliphatic rings. The molecule has 1 heterocycles. The summed E-state index contributed by atoms with van der Waals surface area (Å²) in [6.07, 6.45) is 6.63. The van der Waals surface area contributed by atoms with Gasteiger partial charge < -0.3 is 20.1 Å². The molecular weight excluding hydrogens is 260 g/mol. The van der Waals surface area contributed by atoms with Gasteiger partial charge in [0.1, 0.15) is 0 Å². The number of carbonyl (C=O) groups excluding carboxylic acids is 1. The van der Waals surface area contributed by atoms with Gasteiger partial charge in [-0.1, -0.05) is 12.8 Å². The molecule has 2 N–H and O–H groups in total. The largest absolute Gasteiger partial charge is 0.481 e. The Hall–Kier alpha value is -1.30. The van der Waals surface area contributed by atoms with Crippen LogP contribution in [0.2, 0.25) is 0 Å². The van der Waals surface area contributed by atoms with Crippen LogP contribution in [0, 0.1) is 5.92 Å². The minimum Gasteiger partial charge on any atom is -0.481 e. The van der Waals surface area contributed by atoms with E-state index >= 15 is 0 Å². The van der Waals surface area contributed by atoms with Gasteiger partial charge in [0.15, 0.2) is 0 Å². The van der Waals surface area contributed by atoms with E-state index in [1.54, 1.807) is 4.90 Å². The number of likely N-dealkylation sites (tertiary alicyclic amines) is 1. The van der Waals surface area contributed by atoms with Crippen molar-refractivity contribution >= 4 is 12.0 Å². The maximum absolute atomic E-state index is 11.8. The molecule has 0 spiro atoms. The van der Waals surface area contributed by atoms with Gasteiger partial charge in [0, 0.05) is 26.2 Å². The van der Waals surface area contributed by atoms with E-state index in [0.29, 0.717) is 38.8 Å². The van der Waals surface area contributed by atoms with Gasteiger partial charge in [0.05, 0.1) is 12.0 Å². The standard InChI is InChI=1S/C14H24N2O4/c17-13(18)11-6-8-16(10-11)14(19)15-7-3-9-20-12-4-1-2-5-12/h11-12H,1-10H2,(H,15,19)(H,17,18). The Balaban J connectivity index is 1.53. The molecule has 6 heteroatoms. The van der Waals surface area contributed by atoms with Crippen LogP contribution < -0.4 is 5.32 Å². The van der Waals surface area contributed by atoms with E-state index in [2.05, 4.69) is 5.32 Å². The number of ether oxygens (including phenoxy) is 1. The number of rotatable bonds is 6. The highest BCUT2D eigenvalue weighted by molar-refractivity contribution is 5.77. The number of amides is 2. The molecule has 2 amide bonds. The van der Waals surface area contributed by atoms with E-state index in [4.69, 9.17) is 9.84 Å². The molecule has 1 aliphatic carbocycles. The first kappa shape index (κ1) is 15.1. The van der Waals surface area contributed by atoms with Crippen molar-refractivity contribution in [3.05, 3.63) is 0 Å². The number of hydrogen-bond acceptors (Lipinski definition) is 3. The van der Waals surface area contributed by atoms with Gasteiger partial charge in [-0.15, -0.1) is 0 Å². The summed E-state index contributed by atoms with van der Waals surface area (Å²) in [6, 6.07) is -0.158. The molecule has 1 aliphatic heterocycles. The van der Waals surface area contributed by atoms with Gasteiger partial charge in [0.2, 0.25) is 0 Å². The van der Waals surface area contributed by atoms with Crippen molar-refractivity contribution in [2.24, 2.45) is 5.92 Å². The molecule has 1 saturated heterocycles. The van der Waals surface area contributed by atoms with Gasteiger partial charge in [0.25, 0.3) is 0 Å². The van der Waals surface area contributed by atoms with Crippen LogP contribution in [0.3, 0.4) is 0 Å². The Morgan fingerprint density at radius 3 is 2.65 bits per heavy atom. The SMILES string of the molecule is O=C(O)C1CCN(C(=O)NCCCOC2CCCC2)C1. The lowest BCUT2D eigenvalue weighted by Gasteiger charge is -2.17. The molecule has 0 aromatic carbocycles. The Labute approximate surface area is 119 Å². The molecule has 6 nitrogen and oxygen atoms in total. The van der Waals surface area contributed by atoms with Crippen molar-refractivity contribution in [3.8, 4) is 0 Å². The lowest BCUT2D eigenvalue weighted by atomic mass is 10.1. The smallest absolute Gasteiger partial charge is 0.317 e. The highest BCUT2D eigenvalue weighted by Crippen LogP contribution is 2.20. The van der Waals surface area contributed by atoms with Crippen LogP contribution in [0.1, 0.15) is 38.5 Å². The van der Waals surface area contributed by atoms with E-state index in [1.165, 1.54) is 12.8 Å². The minimum atomic E-state index is -0.815. The molecule has 0 bridgehead atoms. The van der Waals surface area contributed by atoms with Crippen LogP contribution >= 0.6 is 0 Å². The molecule has 2 rings (SSSR count). The lowest BCUT2D eigenvalue weighted by molar-refractivity contribution is -0.141. The van der Waals surface area contributed by atoms with E-state index < -0.39 is 11.9 Å². The number of urea groups is 1. The van der Waals surface area contributed by atoms with Crippen LogP contribution in [0.4, 0.5) is 4.79 Å². The second-order valence-electron chi connectivity index (χ2n) is 5.63. The Bertz CT molecular complexity index is 342. The molecular formula is C14H24N2O4. The van der Waals surface area contributed by atoms with Crippen molar-refractivity contribution in [2.75, 3.05) is 26.2 Å². The molecule has 1 unspecified atom stereocenters. The Morgan fingerprint density at radius 2 is 2.00 bits per heavy atom. The molecule has 2 fully saturated rings. The number of nitrogens with zero attached hydrogens (tertiary/aromatic N) is 1. The van der Waals surface area contributed by atoms with Crippen molar-refractivity contribution < 1.29 is 19.4 Å². The van der Waals surface area contributed by atoms with Crippen molar-refractivity contribution in [3.63, 3.8) is 0 Å². The number of aliphatic carboxylic acids is 1. The second kappa shape index (κ2) is 7.47. The van der Waals surface area contributed by atoms with E-state index in [1.807, 2.05) is 0 Å². The number of carboxylic acids is 1. The quantitative estimate of drug-likeness (QED) is 0.724. The maximum Gasteiger partial charge on any atom is 0.317 e. The zero-order chi connectivity index (χ0) is 14.4. The zero-order valence-electron chi connectivity index (χ0n) is 11.8. The molecule has 0 radical (unpaired) electrons.